The van der Waals surface area contributed by atoms with Gasteiger partial charge in [0.15, 0.2) is 6.61 Å². The second-order valence-electron chi connectivity index (χ2n) is 5.95. The number of carbonyl (C=O) groups is 1. The van der Waals surface area contributed by atoms with E-state index < -0.39 is 0 Å². The van der Waals surface area contributed by atoms with E-state index in [-0.39, 0.29) is 12.5 Å². The topological polar surface area (TPSA) is 41.6 Å². The van der Waals surface area contributed by atoms with Crippen LogP contribution in [0.15, 0.2) is 22.7 Å². The molecule has 0 spiro atoms. The fourth-order valence-electron chi connectivity index (χ4n) is 2.79. The first kappa shape index (κ1) is 18.6. The number of hydrogen-bond donors (Lipinski definition) is 1. The number of amides is 1. The number of hydrogen-bond acceptors (Lipinski definition) is 3. The highest BCUT2D eigenvalue weighted by Gasteiger charge is 2.17. The molecule has 1 saturated heterocycles. The van der Waals surface area contributed by atoms with Gasteiger partial charge in [0.25, 0.3) is 5.91 Å². The summed E-state index contributed by atoms with van der Waals surface area (Å²) in [6.07, 6.45) is 4.89. The highest BCUT2D eigenvalue weighted by Crippen LogP contribution is 2.27. The number of carbonyl (C=O) groups excluding carboxylic acids is 1. The van der Waals surface area contributed by atoms with Crippen molar-refractivity contribution in [3.63, 3.8) is 0 Å². The van der Waals surface area contributed by atoms with E-state index >= 15 is 0 Å². The summed E-state index contributed by atoms with van der Waals surface area (Å²) in [5.41, 5.74) is 0. The molecule has 1 atom stereocenters. The van der Waals surface area contributed by atoms with Gasteiger partial charge >= 0.3 is 0 Å². The molecule has 128 valence electrons. The van der Waals surface area contributed by atoms with E-state index in [1.165, 1.54) is 25.8 Å². The summed E-state index contributed by atoms with van der Waals surface area (Å²) >= 11 is 9.23. The molecule has 1 aliphatic rings. The Hall–Kier alpha value is -0.780. The standard InChI is InChI=1S/C17H24BrClN2O2/c1-13-5-2-3-9-21(13)10-4-8-20-17(22)12-23-16-7-6-14(19)11-15(16)18/h6-7,11,13H,2-5,8-10,12H2,1H3,(H,20,22)/t13-/m0/s1. The van der Waals surface area contributed by atoms with Gasteiger partial charge in [-0.3, -0.25) is 4.79 Å². The molecule has 1 aliphatic heterocycles. The van der Waals surface area contributed by atoms with Crippen molar-refractivity contribution in [1.82, 2.24) is 10.2 Å². The van der Waals surface area contributed by atoms with Crippen molar-refractivity contribution in [2.24, 2.45) is 0 Å². The third kappa shape index (κ3) is 6.32. The fraction of sp³-hybridized carbons (Fsp3) is 0.588. The zero-order valence-electron chi connectivity index (χ0n) is 13.5. The van der Waals surface area contributed by atoms with Crippen molar-refractivity contribution in [3.8, 4) is 5.75 Å². The summed E-state index contributed by atoms with van der Waals surface area (Å²) in [6, 6.07) is 5.90. The maximum absolute atomic E-state index is 11.8. The van der Waals surface area contributed by atoms with Gasteiger partial charge in [-0.1, -0.05) is 18.0 Å². The van der Waals surface area contributed by atoms with E-state index in [9.17, 15) is 4.79 Å². The molecule has 1 aromatic carbocycles. The van der Waals surface area contributed by atoms with Gasteiger partial charge < -0.3 is 15.0 Å². The summed E-state index contributed by atoms with van der Waals surface area (Å²) < 4.78 is 6.24. The summed E-state index contributed by atoms with van der Waals surface area (Å²) in [5, 5.41) is 3.53. The molecule has 0 aliphatic carbocycles. The van der Waals surface area contributed by atoms with Gasteiger partial charge in [-0.25, -0.2) is 0 Å². The van der Waals surface area contributed by atoms with E-state index in [0.29, 0.717) is 23.4 Å². The smallest absolute Gasteiger partial charge is 0.257 e. The fourth-order valence-corrected chi connectivity index (χ4v) is 3.58. The monoisotopic (exact) mass is 402 g/mol. The quantitative estimate of drug-likeness (QED) is 0.703. The molecule has 23 heavy (non-hydrogen) atoms. The Balaban J connectivity index is 1.61. The SMILES string of the molecule is C[C@H]1CCCCN1CCCNC(=O)COc1ccc(Cl)cc1Br. The third-order valence-electron chi connectivity index (χ3n) is 4.14. The first-order valence-corrected chi connectivity index (χ1v) is 9.32. The van der Waals surface area contributed by atoms with E-state index in [0.717, 1.165) is 17.4 Å². The lowest BCUT2D eigenvalue weighted by Gasteiger charge is -2.33. The Morgan fingerprint density at radius 1 is 1.48 bits per heavy atom. The molecular weight excluding hydrogens is 380 g/mol. The lowest BCUT2D eigenvalue weighted by molar-refractivity contribution is -0.123. The normalized spacial score (nSPS) is 18.7. The summed E-state index contributed by atoms with van der Waals surface area (Å²) in [5.74, 6) is 0.519. The molecule has 0 aromatic heterocycles. The van der Waals surface area contributed by atoms with E-state index in [2.05, 4.69) is 33.1 Å². The lowest BCUT2D eigenvalue weighted by atomic mass is 10.0. The highest BCUT2D eigenvalue weighted by molar-refractivity contribution is 9.10. The average Bonchev–Trinajstić information content (AvgIpc) is 2.52. The number of likely N-dealkylation sites (tertiary alicyclic amines) is 1. The van der Waals surface area contributed by atoms with Crippen LogP contribution in [-0.2, 0) is 4.79 Å². The van der Waals surface area contributed by atoms with Crippen molar-refractivity contribution < 1.29 is 9.53 Å². The second-order valence-corrected chi connectivity index (χ2v) is 7.24. The molecule has 0 radical (unpaired) electrons. The number of piperidine rings is 1. The molecule has 4 nitrogen and oxygen atoms in total. The molecule has 1 amide bonds. The van der Waals surface area contributed by atoms with Gasteiger partial charge in [0.2, 0.25) is 0 Å². The largest absolute Gasteiger partial charge is 0.483 e. The third-order valence-corrected chi connectivity index (χ3v) is 4.99. The molecule has 1 N–H and O–H groups in total. The predicted octanol–water partition coefficient (Wildman–Crippen LogP) is 3.86. The number of rotatable bonds is 7. The van der Waals surface area contributed by atoms with Gasteiger partial charge in [-0.15, -0.1) is 0 Å². The van der Waals surface area contributed by atoms with Crippen molar-refractivity contribution in [2.45, 2.75) is 38.6 Å². The number of ether oxygens (including phenoxy) is 1. The van der Waals surface area contributed by atoms with Crippen molar-refractivity contribution >= 4 is 33.4 Å². The number of nitrogens with one attached hydrogen (secondary N) is 1. The molecule has 1 fully saturated rings. The van der Waals surface area contributed by atoms with Crippen LogP contribution in [0.25, 0.3) is 0 Å². The van der Waals surface area contributed by atoms with Gasteiger partial charge in [0, 0.05) is 24.2 Å². The van der Waals surface area contributed by atoms with Crippen LogP contribution in [0.2, 0.25) is 5.02 Å². The molecular formula is C17H24BrClN2O2. The minimum Gasteiger partial charge on any atom is -0.483 e. The maximum atomic E-state index is 11.8. The van der Waals surface area contributed by atoms with E-state index in [1.807, 2.05) is 0 Å². The Labute approximate surface area is 151 Å². The van der Waals surface area contributed by atoms with Crippen LogP contribution < -0.4 is 10.1 Å². The maximum Gasteiger partial charge on any atom is 0.257 e. The van der Waals surface area contributed by atoms with Crippen LogP contribution >= 0.6 is 27.5 Å². The number of benzene rings is 1. The molecule has 0 unspecified atom stereocenters. The van der Waals surface area contributed by atoms with Crippen LogP contribution in [0.5, 0.6) is 5.75 Å². The molecule has 0 saturated carbocycles. The van der Waals surface area contributed by atoms with Gasteiger partial charge in [-0.05, 0) is 66.9 Å². The molecule has 1 heterocycles. The molecule has 6 heteroatoms. The van der Waals surface area contributed by atoms with Crippen LogP contribution in [-0.4, -0.2) is 43.1 Å². The lowest BCUT2D eigenvalue weighted by Crippen LogP contribution is -2.39. The van der Waals surface area contributed by atoms with Gasteiger partial charge in [0.1, 0.15) is 5.75 Å². The molecule has 2 rings (SSSR count). The first-order valence-electron chi connectivity index (χ1n) is 8.15. The minimum absolute atomic E-state index is 0.0142. The Bertz CT molecular complexity index is 527. The van der Waals surface area contributed by atoms with Gasteiger partial charge in [-0.2, -0.15) is 0 Å². The van der Waals surface area contributed by atoms with Crippen molar-refractivity contribution in [2.75, 3.05) is 26.2 Å². The zero-order valence-corrected chi connectivity index (χ0v) is 15.8. The summed E-state index contributed by atoms with van der Waals surface area (Å²) in [7, 11) is 0. The van der Waals surface area contributed by atoms with Crippen LogP contribution in [0.1, 0.15) is 32.6 Å². The van der Waals surface area contributed by atoms with Crippen LogP contribution in [0.4, 0.5) is 0 Å². The second kappa shape index (κ2) is 9.50. The van der Waals surface area contributed by atoms with E-state index in [4.69, 9.17) is 16.3 Å². The number of nitrogens with zero attached hydrogens (tertiary/aromatic N) is 1. The summed E-state index contributed by atoms with van der Waals surface area (Å²) in [4.78, 5) is 14.3. The van der Waals surface area contributed by atoms with Gasteiger partial charge in [0.05, 0.1) is 4.47 Å². The zero-order chi connectivity index (χ0) is 16.7. The highest BCUT2D eigenvalue weighted by atomic mass is 79.9. The Kier molecular flexibility index (Phi) is 7.66. The molecule has 1 aromatic rings. The summed E-state index contributed by atoms with van der Waals surface area (Å²) in [6.45, 7) is 5.22. The van der Waals surface area contributed by atoms with Crippen LogP contribution in [0.3, 0.4) is 0 Å². The Morgan fingerprint density at radius 3 is 3.04 bits per heavy atom. The molecule has 0 bridgehead atoms. The Morgan fingerprint density at radius 2 is 2.30 bits per heavy atom. The number of halogens is 2. The van der Waals surface area contributed by atoms with Crippen LogP contribution in [0, 0.1) is 0 Å². The van der Waals surface area contributed by atoms with Crippen molar-refractivity contribution in [3.05, 3.63) is 27.7 Å². The first-order chi connectivity index (χ1) is 11.1. The van der Waals surface area contributed by atoms with Crippen molar-refractivity contribution in [1.29, 1.82) is 0 Å². The average molecular weight is 404 g/mol. The predicted molar refractivity (Wildman–Crippen MR) is 97.2 cm³/mol. The van der Waals surface area contributed by atoms with E-state index in [1.54, 1.807) is 18.2 Å². The minimum atomic E-state index is -0.0986.